The Kier molecular flexibility index (Phi) is 5.56. The largest absolute Gasteiger partial charge is 0.383 e. The van der Waals surface area contributed by atoms with E-state index in [0.717, 1.165) is 0 Å². The highest BCUT2D eigenvalue weighted by atomic mass is 16.5. The van der Waals surface area contributed by atoms with Crippen LogP contribution < -0.4 is 10.6 Å². The van der Waals surface area contributed by atoms with Crippen molar-refractivity contribution < 1.29 is 9.53 Å². The van der Waals surface area contributed by atoms with Crippen LogP contribution in [0.4, 0.5) is 0 Å². The molecule has 110 valence electrons. The topological polar surface area (TPSA) is 50.4 Å². The minimum atomic E-state index is 0.00931. The van der Waals surface area contributed by atoms with Gasteiger partial charge in [-0.3, -0.25) is 4.79 Å². The summed E-state index contributed by atoms with van der Waals surface area (Å²) in [5.74, 6) is 0.00931. The number of amides is 1. The van der Waals surface area contributed by atoms with Crippen LogP contribution in [-0.2, 0) is 22.4 Å². The molecule has 1 aromatic rings. The summed E-state index contributed by atoms with van der Waals surface area (Å²) >= 11 is 0. The first-order valence-electron chi connectivity index (χ1n) is 7.31. The Balaban J connectivity index is 1.80. The van der Waals surface area contributed by atoms with Crippen LogP contribution in [0.5, 0.6) is 0 Å². The molecule has 4 nitrogen and oxygen atoms in total. The number of rotatable bonds is 7. The number of benzene rings is 1. The van der Waals surface area contributed by atoms with Gasteiger partial charge in [0, 0.05) is 19.7 Å². The highest BCUT2D eigenvalue weighted by Gasteiger charge is 2.13. The first-order chi connectivity index (χ1) is 9.70. The van der Waals surface area contributed by atoms with Crippen LogP contribution in [0.25, 0.3) is 0 Å². The summed E-state index contributed by atoms with van der Waals surface area (Å²) in [5, 5.41) is 6.07. The molecule has 0 saturated carbocycles. The third kappa shape index (κ3) is 4.05. The van der Waals surface area contributed by atoms with Crippen LogP contribution in [0.3, 0.4) is 0 Å². The third-order valence-corrected chi connectivity index (χ3v) is 3.82. The number of ether oxygens (including phenoxy) is 1. The highest BCUT2D eigenvalue weighted by Crippen LogP contribution is 2.25. The van der Waals surface area contributed by atoms with Gasteiger partial charge in [-0.15, -0.1) is 0 Å². The molecule has 0 aliphatic heterocycles. The molecule has 1 aromatic carbocycles. The van der Waals surface area contributed by atoms with Crippen LogP contribution in [0.15, 0.2) is 18.2 Å². The molecule has 2 N–H and O–H groups in total. The van der Waals surface area contributed by atoms with Gasteiger partial charge in [0.05, 0.1) is 13.2 Å². The molecule has 1 aliphatic carbocycles. The first kappa shape index (κ1) is 15.0. The Labute approximate surface area is 120 Å². The van der Waals surface area contributed by atoms with Gasteiger partial charge in [0.2, 0.25) is 5.91 Å². The number of aryl methyl sites for hydroxylation is 2. The zero-order valence-corrected chi connectivity index (χ0v) is 12.4. The Morgan fingerprint density at radius 3 is 2.95 bits per heavy atom. The maximum Gasteiger partial charge on any atom is 0.234 e. The van der Waals surface area contributed by atoms with Gasteiger partial charge in [0.15, 0.2) is 0 Å². The van der Waals surface area contributed by atoms with Gasteiger partial charge in [-0.05, 0) is 42.9 Å². The molecular formula is C16H24N2O2. The molecule has 1 aliphatic rings. The molecule has 0 saturated heterocycles. The molecular weight excluding hydrogens is 252 g/mol. The van der Waals surface area contributed by atoms with E-state index in [1.165, 1.54) is 36.0 Å². The lowest BCUT2D eigenvalue weighted by molar-refractivity contribution is -0.120. The lowest BCUT2D eigenvalue weighted by atomic mass is 10.0. The van der Waals surface area contributed by atoms with E-state index in [0.29, 0.717) is 19.7 Å². The molecule has 0 radical (unpaired) electrons. The van der Waals surface area contributed by atoms with Gasteiger partial charge in [-0.2, -0.15) is 0 Å². The minimum absolute atomic E-state index is 0.00931. The average Bonchev–Trinajstić information content (AvgIpc) is 2.92. The molecule has 2 rings (SSSR count). The highest BCUT2D eigenvalue weighted by molar-refractivity contribution is 5.78. The number of carbonyl (C=O) groups excluding carboxylic acids is 1. The Hall–Kier alpha value is -1.39. The van der Waals surface area contributed by atoms with Crippen molar-refractivity contribution in [3.05, 3.63) is 34.9 Å². The van der Waals surface area contributed by atoms with Crippen molar-refractivity contribution in [2.45, 2.75) is 32.2 Å². The Bertz CT molecular complexity index is 460. The molecule has 0 heterocycles. The molecule has 0 aromatic heterocycles. The summed E-state index contributed by atoms with van der Waals surface area (Å²) in [7, 11) is 1.63. The maximum atomic E-state index is 11.6. The fourth-order valence-corrected chi connectivity index (χ4v) is 2.58. The second-order valence-electron chi connectivity index (χ2n) is 5.33. The summed E-state index contributed by atoms with van der Waals surface area (Å²) in [6.45, 7) is 3.54. The van der Waals surface area contributed by atoms with E-state index in [9.17, 15) is 4.79 Å². The predicted octanol–water partition coefficient (Wildman–Crippen LogP) is 1.59. The van der Waals surface area contributed by atoms with Crippen molar-refractivity contribution in [1.29, 1.82) is 0 Å². The van der Waals surface area contributed by atoms with E-state index < -0.39 is 0 Å². The van der Waals surface area contributed by atoms with Gasteiger partial charge in [-0.1, -0.05) is 18.2 Å². The van der Waals surface area contributed by atoms with Crippen molar-refractivity contribution in [1.82, 2.24) is 10.6 Å². The zero-order chi connectivity index (χ0) is 14.4. The molecule has 4 heteroatoms. The van der Waals surface area contributed by atoms with E-state index >= 15 is 0 Å². The summed E-state index contributed by atoms with van der Waals surface area (Å²) < 4.78 is 4.89. The number of carbonyl (C=O) groups is 1. The second-order valence-corrected chi connectivity index (χ2v) is 5.33. The lowest BCUT2D eigenvalue weighted by Crippen LogP contribution is -2.36. The average molecular weight is 276 g/mol. The lowest BCUT2D eigenvalue weighted by Gasteiger charge is -2.15. The summed E-state index contributed by atoms with van der Waals surface area (Å²) in [5.41, 5.74) is 4.22. The van der Waals surface area contributed by atoms with Gasteiger partial charge >= 0.3 is 0 Å². The van der Waals surface area contributed by atoms with Crippen molar-refractivity contribution in [3.63, 3.8) is 0 Å². The molecule has 0 bridgehead atoms. The van der Waals surface area contributed by atoms with Gasteiger partial charge < -0.3 is 15.4 Å². The van der Waals surface area contributed by atoms with Crippen molar-refractivity contribution >= 4 is 5.91 Å². The van der Waals surface area contributed by atoms with E-state index in [2.05, 4.69) is 35.8 Å². The number of hydrogen-bond acceptors (Lipinski definition) is 3. The van der Waals surface area contributed by atoms with Crippen LogP contribution >= 0.6 is 0 Å². The molecule has 0 spiro atoms. The zero-order valence-electron chi connectivity index (χ0n) is 12.4. The molecule has 20 heavy (non-hydrogen) atoms. The normalized spacial score (nSPS) is 14.9. The summed E-state index contributed by atoms with van der Waals surface area (Å²) in [6, 6.07) is 6.87. The van der Waals surface area contributed by atoms with Crippen molar-refractivity contribution in [2.24, 2.45) is 0 Å². The SMILES string of the molecule is COCCNC(=O)CNC(C)c1ccc2c(c1)CCC2. The van der Waals surface area contributed by atoms with Crippen LogP contribution in [0.1, 0.15) is 36.1 Å². The number of nitrogens with one attached hydrogen (secondary N) is 2. The predicted molar refractivity (Wildman–Crippen MR) is 79.8 cm³/mol. The standard InChI is InChI=1S/C16H24N2O2/c1-12(18-11-16(19)17-8-9-20-2)14-7-6-13-4-3-5-15(13)10-14/h6-7,10,12,18H,3-5,8-9,11H2,1-2H3,(H,17,19). The van der Waals surface area contributed by atoms with Gasteiger partial charge in [0.1, 0.15) is 0 Å². The number of fused-ring (bicyclic) bond motifs is 1. The van der Waals surface area contributed by atoms with Gasteiger partial charge in [0.25, 0.3) is 0 Å². The quantitative estimate of drug-likeness (QED) is 0.744. The van der Waals surface area contributed by atoms with E-state index in [-0.39, 0.29) is 11.9 Å². The van der Waals surface area contributed by atoms with Crippen molar-refractivity contribution in [2.75, 3.05) is 26.8 Å². The Morgan fingerprint density at radius 2 is 2.15 bits per heavy atom. The van der Waals surface area contributed by atoms with E-state index in [4.69, 9.17) is 4.74 Å². The maximum absolute atomic E-state index is 11.6. The van der Waals surface area contributed by atoms with Gasteiger partial charge in [-0.25, -0.2) is 0 Å². The molecule has 1 unspecified atom stereocenters. The van der Waals surface area contributed by atoms with E-state index in [1.54, 1.807) is 7.11 Å². The summed E-state index contributed by atoms with van der Waals surface area (Å²) in [6.07, 6.45) is 3.66. The third-order valence-electron chi connectivity index (χ3n) is 3.82. The number of methoxy groups -OCH3 is 1. The monoisotopic (exact) mass is 276 g/mol. The summed E-state index contributed by atoms with van der Waals surface area (Å²) in [4.78, 5) is 11.6. The van der Waals surface area contributed by atoms with Crippen LogP contribution in [0.2, 0.25) is 0 Å². The fourth-order valence-electron chi connectivity index (χ4n) is 2.58. The smallest absolute Gasteiger partial charge is 0.234 e. The fraction of sp³-hybridized carbons (Fsp3) is 0.562. The number of hydrogen-bond donors (Lipinski definition) is 2. The second kappa shape index (κ2) is 7.41. The van der Waals surface area contributed by atoms with E-state index in [1.807, 2.05) is 0 Å². The molecule has 1 atom stereocenters. The Morgan fingerprint density at radius 1 is 1.35 bits per heavy atom. The van der Waals surface area contributed by atoms with Crippen molar-refractivity contribution in [3.8, 4) is 0 Å². The molecule has 1 amide bonds. The molecule has 0 fully saturated rings. The van der Waals surface area contributed by atoms with Crippen LogP contribution in [-0.4, -0.2) is 32.7 Å². The first-order valence-corrected chi connectivity index (χ1v) is 7.31. The minimum Gasteiger partial charge on any atom is -0.383 e. The van der Waals surface area contributed by atoms with Crippen LogP contribution in [0, 0.1) is 0 Å².